The molecule has 2 N–H and O–H groups in total. The lowest BCUT2D eigenvalue weighted by atomic mass is 10.2. The molecule has 0 fully saturated rings. The summed E-state index contributed by atoms with van der Waals surface area (Å²) < 4.78 is 7.66. The standard InChI is InChI=1S/C14H17Cl2N3O/c1-3-19-12(14(16)9(2)18-19)8-20-13-6-4-5-11(15)10(13)7-17/h4-6H,3,7-8,17H2,1-2H3. The van der Waals surface area contributed by atoms with Gasteiger partial charge in [-0.25, -0.2) is 0 Å². The Bertz CT molecular complexity index is 611. The van der Waals surface area contributed by atoms with Crippen LogP contribution >= 0.6 is 23.2 Å². The molecule has 0 unspecified atom stereocenters. The second-order valence-corrected chi connectivity index (χ2v) is 5.16. The van der Waals surface area contributed by atoms with Crippen LogP contribution in [0.4, 0.5) is 0 Å². The fraction of sp³-hybridized carbons (Fsp3) is 0.357. The van der Waals surface area contributed by atoms with E-state index in [9.17, 15) is 0 Å². The van der Waals surface area contributed by atoms with E-state index < -0.39 is 0 Å². The lowest BCUT2D eigenvalue weighted by Gasteiger charge is -2.12. The average Bonchev–Trinajstić information content (AvgIpc) is 2.72. The Hall–Kier alpha value is -1.23. The van der Waals surface area contributed by atoms with Crippen molar-refractivity contribution in [2.24, 2.45) is 5.73 Å². The molecular weight excluding hydrogens is 297 g/mol. The maximum Gasteiger partial charge on any atom is 0.131 e. The monoisotopic (exact) mass is 313 g/mol. The number of aromatic nitrogens is 2. The van der Waals surface area contributed by atoms with Gasteiger partial charge in [-0.3, -0.25) is 4.68 Å². The maximum absolute atomic E-state index is 6.25. The number of aryl methyl sites for hydroxylation is 2. The van der Waals surface area contributed by atoms with Crippen LogP contribution < -0.4 is 10.5 Å². The predicted molar refractivity (Wildman–Crippen MR) is 81.3 cm³/mol. The largest absolute Gasteiger partial charge is 0.487 e. The second kappa shape index (κ2) is 6.48. The molecule has 108 valence electrons. The Morgan fingerprint density at radius 2 is 2.10 bits per heavy atom. The van der Waals surface area contributed by atoms with Crippen LogP contribution in [0.25, 0.3) is 0 Å². The van der Waals surface area contributed by atoms with Crippen LogP contribution in [0.1, 0.15) is 23.9 Å². The van der Waals surface area contributed by atoms with Crippen molar-refractivity contribution in [1.29, 1.82) is 0 Å². The summed E-state index contributed by atoms with van der Waals surface area (Å²) in [6.45, 7) is 5.29. The van der Waals surface area contributed by atoms with Crippen molar-refractivity contribution in [3.05, 3.63) is 45.2 Å². The molecule has 0 saturated carbocycles. The number of nitrogens with zero attached hydrogens (tertiary/aromatic N) is 2. The van der Waals surface area contributed by atoms with E-state index in [1.165, 1.54) is 0 Å². The molecule has 2 rings (SSSR count). The van der Waals surface area contributed by atoms with E-state index in [0.29, 0.717) is 28.9 Å². The first-order valence-electron chi connectivity index (χ1n) is 6.40. The summed E-state index contributed by atoms with van der Waals surface area (Å²) in [7, 11) is 0. The third-order valence-corrected chi connectivity index (χ3v) is 3.94. The summed E-state index contributed by atoms with van der Waals surface area (Å²) in [6, 6.07) is 5.48. The normalized spacial score (nSPS) is 10.8. The van der Waals surface area contributed by atoms with Gasteiger partial charge in [0, 0.05) is 23.7 Å². The van der Waals surface area contributed by atoms with Gasteiger partial charge in [0.25, 0.3) is 0 Å². The molecule has 0 bridgehead atoms. The molecule has 1 aromatic heterocycles. The highest BCUT2D eigenvalue weighted by atomic mass is 35.5. The Morgan fingerprint density at radius 3 is 2.75 bits per heavy atom. The SMILES string of the molecule is CCn1nc(C)c(Cl)c1COc1cccc(Cl)c1CN. The maximum atomic E-state index is 6.25. The number of halogens is 2. The number of benzene rings is 1. The molecule has 0 atom stereocenters. The fourth-order valence-electron chi connectivity index (χ4n) is 2.03. The Kier molecular flexibility index (Phi) is 4.91. The average molecular weight is 314 g/mol. The highest BCUT2D eigenvalue weighted by Crippen LogP contribution is 2.28. The molecule has 20 heavy (non-hydrogen) atoms. The second-order valence-electron chi connectivity index (χ2n) is 4.37. The molecule has 0 aliphatic rings. The summed E-state index contributed by atoms with van der Waals surface area (Å²) in [5.74, 6) is 0.678. The minimum atomic E-state index is 0.328. The number of hydrogen-bond acceptors (Lipinski definition) is 3. The lowest BCUT2D eigenvalue weighted by Crippen LogP contribution is -2.08. The van der Waals surface area contributed by atoms with Crippen molar-refractivity contribution >= 4 is 23.2 Å². The first-order chi connectivity index (χ1) is 9.58. The highest BCUT2D eigenvalue weighted by molar-refractivity contribution is 6.32. The van der Waals surface area contributed by atoms with E-state index in [0.717, 1.165) is 23.5 Å². The van der Waals surface area contributed by atoms with Gasteiger partial charge in [0.05, 0.1) is 16.4 Å². The van der Waals surface area contributed by atoms with Gasteiger partial charge in [-0.2, -0.15) is 5.10 Å². The first-order valence-corrected chi connectivity index (χ1v) is 7.16. The van der Waals surface area contributed by atoms with E-state index >= 15 is 0 Å². The molecule has 1 aromatic carbocycles. The third-order valence-electron chi connectivity index (χ3n) is 3.10. The van der Waals surface area contributed by atoms with Crippen LogP contribution in [0.3, 0.4) is 0 Å². The third kappa shape index (κ3) is 2.92. The Labute approximate surface area is 128 Å². The molecule has 1 heterocycles. The van der Waals surface area contributed by atoms with E-state index in [1.54, 1.807) is 6.07 Å². The summed E-state index contributed by atoms with van der Waals surface area (Å²) in [5.41, 5.74) is 8.16. The predicted octanol–water partition coefficient (Wildman–Crippen LogP) is 3.56. The van der Waals surface area contributed by atoms with Crippen molar-refractivity contribution in [3.8, 4) is 5.75 Å². The Balaban J connectivity index is 2.23. The van der Waals surface area contributed by atoms with Crippen molar-refractivity contribution < 1.29 is 4.74 Å². The fourth-order valence-corrected chi connectivity index (χ4v) is 2.46. The molecule has 0 spiro atoms. The van der Waals surface area contributed by atoms with Crippen LogP contribution in [0.2, 0.25) is 10.0 Å². The van der Waals surface area contributed by atoms with Crippen molar-refractivity contribution in [3.63, 3.8) is 0 Å². The van der Waals surface area contributed by atoms with Gasteiger partial charge in [0.2, 0.25) is 0 Å². The molecule has 2 aromatic rings. The van der Waals surface area contributed by atoms with Crippen molar-refractivity contribution in [2.75, 3.05) is 0 Å². The van der Waals surface area contributed by atoms with Crippen LogP contribution in [0, 0.1) is 6.92 Å². The van der Waals surface area contributed by atoms with E-state index in [-0.39, 0.29) is 0 Å². The molecule has 0 aliphatic carbocycles. The van der Waals surface area contributed by atoms with Crippen LogP contribution in [-0.2, 0) is 19.7 Å². The van der Waals surface area contributed by atoms with Crippen molar-refractivity contribution in [1.82, 2.24) is 9.78 Å². The quantitative estimate of drug-likeness (QED) is 0.918. The van der Waals surface area contributed by atoms with Gasteiger partial charge in [0.15, 0.2) is 0 Å². The van der Waals surface area contributed by atoms with Gasteiger partial charge in [-0.15, -0.1) is 0 Å². The number of hydrogen-bond donors (Lipinski definition) is 1. The molecule has 6 heteroatoms. The zero-order chi connectivity index (χ0) is 14.7. The lowest BCUT2D eigenvalue weighted by molar-refractivity contribution is 0.289. The van der Waals surface area contributed by atoms with E-state index in [1.807, 2.05) is 30.7 Å². The first kappa shape index (κ1) is 15.2. The van der Waals surface area contributed by atoms with E-state index in [4.69, 9.17) is 33.7 Å². The summed E-state index contributed by atoms with van der Waals surface area (Å²) >= 11 is 12.4. The van der Waals surface area contributed by atoms with Gasteiger partial charge in [0.1, 0.15) is 12.4 Å². The van der Waals surface area contributed by atoms with E-state index in [2.05, 4.69) is 5.10 Å². The topological polar surface area (TPSA) is 53.1 Å². The smallest absolute Gasteiger partial charge is 0.131 e. The number of nitrogens with two attached hydrogens (primary N) is 1. The minimum Gasteiger partial charge on any atom is -0.487 e. The van der Waals surface area contributed by atoms with Gasteiger partial charge in [-0.1, -0.05) is 29.3 Å². The zero-order valence-corrected chi connectivity index (χ0v) is 13.0. The Morgan fingerprint density at radius 1 is 1.35 bits per heavy atom. The highest BCUT2D eigenvalue weighted by Gasteiger charge is 2.14. The summed E-state index contributed by atoms with van der Waals surface area (Å²) in [5, 5.41) is 5.60. The van der Waals surface area contributed by atoms with Crippen LogP contribution in [0.5, 0.6) is 5.75 Å². The molecule has 0 amide bonds. The molecule has 0 radical (unpaired) electrons. The molecule has 0 aliphatic heterocycles. The number of rotatable bonds is 5. The number of ether oxygens (including phenoxy) is 1. The van der Waals surface area contributed by atoms with Crippen LogP contribution in [-0.4, -0.2) is 9.78 Å². The zero-order valence-electron chi connectivity index (χ0n) is 11.5. The molecule has 4 nitrogen and oxygen atoms in total. The van der Waals surface area contributed by atoms with Gasteiger partial charge < -0.3 is 10.5 Å². The minimum absolute atomic E-state index is 0.328. The summed E-state index contributed by atoms with van der Waals surface area (Å²) in [6.07, 6.45) is 0. The van der Waals surface area contributed by atoms with Crippen molar-refractivity contribution in [2.45, 2.75) is 33.5 Å². The van der Waals surface area contributed by atoms with Gasteiger partial charge >= 0.3 is 0 Å². The summed E-state index contributed by atoms with van der Waals surface area (Å²) in [4.78, 5) is 0. The molecule has 0 saturated heterocycles. The van der Waals surface area contributed by atoms with Gasteiger partial charge in [-0.05, 0) is 26.0 Å². The molecular formula is C14H17Cl2N3O. The van der Waals surface area contributed by atoms with Crippen LogP contribution in [0.15, 0.2) is 18.2 Å².